The van der Waals surface area contributed by atoms with Gasteiger partial charge in [-0.1, -0.05) is 121 Å². The average molecular weight is 642 g/mol. The SMILES string of the molecule is CC(=O)OCC1([N+](=O)[O-])C(OCc2ccccc2)O[C@H](COCc2ccccc2)[C@@H](OCc2ccccc2)[C@@H]1OCc1ccccc1. The van der Waals surface area contributed by atoms with Crippen molar-refractivity contribution in [1.82, 2.24) is 0 Å². The minimum atomic E-state index is -2.20. The maximum atomic E-state index is 13.3. The van der Waals surface area contributed by atoms with Crippen molar-refractivity contribution in [2.45, 2.75) is 63.5 Å². The van der Waals surface area contributed by atoms with E-state index in [0.717, 1.165) is 22.3 Å². The van der Waals surface area contributed by atoms with Gasteiger partial charge in [0.2, 0.25) is 6.29 Å². The van der Waals surface area contributed by atoms with Gasteiger partial charge in [-0.15, -0.1) is 0 Å². The number of ether oxygens (including phenoxy) is 6. The molecule has 0 aromatic heterocycles. The zero-order valence-electron chi connectivity index (χ0n) is 26.2. The zero-order chi connectivity index (χ0) is 32.9. The summed E-state index contributed by atoms with van der Waals surface area (Å²) in [6.45, 7) is 0.968. The number of carbonyl (C=O) groups excluding carboxylic acids is 1. The van der Waals surface area contributed by atoms with Gasteiger partial charge < -0.3 is 28.4 Å². The summed E-state index contributed by atoms with van der Waals surface area (Å²) in [7, 11) is 0. The molecule has 47 heavy (non-hydrogen) atoms. The molecular formula is C37H39NO9. The van der Waals surface area contributed by atoms with Crippen LogP contribution in [-0.4, -0.2) is 54.2 Å². The number of nitrogens with zero attached hydrogens (tertiary/aromatic N) is 1. The van der Waals surface area contributed by atoms with E-state index in [1.54, 1.807) is 0 Å². The predicted octanol–water partition coefficient (Wildman–Crippen LogP) is 5.89. The largest absolute Gasteiger partial charge is 0.458 e. The van der Waals surface area contributed by atoms with Crippen molar-refractivity contribution in [3.05, 3.63) is 154 Å². The molecule has 0 saturated carbocycles. The molecule has 5 atom stereocenters. The fourth-order valence-corrected chi connectivity index (χ4v) is 5.47. The van der Waals surface area contributed by atoms with Crippen LogP contribution in [0.1, 0.15) is 29.2 Å². The molecule has 0 radical (unpaired) electrons. The quantitative estimate of drug-likeness (QED) is 0.0839. The van der Waals surface area contributed by atoms with Crippen LogP contribution < -0.4 is 0 Å². The molecule has 0 aliphatic carbocycles. The van der Waals surface area contributed by atoms with E-state index in [9.17, 15) is 14.9 Å². The van der Waals surface area contributed by atoms with Crippen LogP contribution in [0.2, 0.25) is 0 Å². The number of carbonyl (C=O) groups is 1. The van der Waals surface area contributed by atoms with E-state index in [4.69, 9.17) is 28.4 Å². The second kappa shape index (κ2) is 16.9. The van der Waals surface area contributed by atoms with Crippen LogP contribution in [0.3, 0.4) is 0 Å². The van der Waals surface area contributed by atoms with Gasteiger partial charge in [-0.2, -0.15) is 0 Å². The summed E-state index contributed by atoms with van der Waals surface area (Å²) in [4.78, 5) is 25.0. The lowest BCUT2D eigenvalue weighted by Gasteiger charge is -2.47. The maximum Gasteiger partial charge on any atom is 0.333 e. The highest BCUT2D eigenvalue weighted by Crippen LogP contribution is 2.39. The van der Waals surface area contributed by atoms with E-state index in [1.807, 2.05) is 121 Å². The number of hydrogen-bond acceptors (Lipinski definition) is 9. The van der Waals surface area contributed by atoms with Crippen LogP contribution in [0.5, 0.6) is 0 Å². The second-order valence-corrected chi connectivity index (χ2v) is 11.3. The van der Waals surface area contributed by atoms with Crippen LogP contribution in [0.25, 0.3) is 0 Å². The Balaban J connectivity index is 1.53. The van der Waals surface area contributed by atoms with Gasteiger partial charge >= 0.3 is 11.5 Å². The van der Waals surface area contributed by atoms with Gasteiger partial charge in [0.15, 0.2) is 12.7 Å². The number of hydrogen-bond donors (Lipinski definition) is 0. The first-order valence-corrected chi connectivity index (χ1v) is 15.5. The lowest BCUT2D eigenvalue weighted by molar-refractivity contribution is -0.629. The zero-order valence-corrected chi connectivity index (χ0v) is 26.2. The summed E-state index contributed by atoms with van der Waals surface area (Å²) >= 11 is 0. The van der Waals surface area contributed by atoms with Crippen molar-refractivity contribution >= 4 is 5.97 Å². The van der Waals surface area contributed by atoms with Crippen molar-refractivity contribution < 1.29 is 38.1 Å². The molecule has 4 aromatic carbocycles. The maximum absolute atomic E-state index is 13.3. The Morgan fingerprint density at radius 3 is 1.62 bits per heavy atom. The molecule has 10 heteroatoms. The highest BCUT2D eigenvalue weighted by Gasteiger charge is 2.68. The Morgan fingerprint density at radius 1 is 0.702 bits per heavy atom. The van der Waals surface area contributed by atoms with Crippen molar-refractivity contribution in [2.24, 2.45) is 0 Å². The summed E-state index contributed by atoms with van der Waals surface area (Å²) in [5, 5.41) is 13.3. The first kappa shape index (κ1) is 33.9. The molecule has 1 aliphatic rings. The third-order valence-corrected chi connectivity index (χ3v) is 7.91. The van der Waals surface area contributed by atoms with Gasteiger partial charge in [0.1, 0.15) is 12.2 Å². The van der Waals surface area contributed by atoms with Crippen LogP contribution in [-0.2, 0) is 59.6 Å². The smallest absolute Gasteiger partial charge is 0.333 e. The summed E-state index contributed by atoms with van der Waals surface area (Å²) in [6, 6.07) is 37.7. The molecule has 0 amide bonds. The molecule has 0 bridgehead atoms. The summed E-state index contributed by atoms with van der Waals surface area (Å²) in [6.07, 6.45) is -4.66. The number of rotatable bonds is 16. The van der Waals surface area contributed by atoms with Gasteiger partial charge in [-0.3, -0.25) is 14.9 Å². The lowest BCUT2D eigenvalue weighted by atomic mass is 9.83. The number of nitro groups is 1. The minimum absolute atomic E-state index is 0.000293. The Hall–Kier alpha value is -4.45. The first-order valence-electron chi connectivity index (χ1n) is 15.5. The van der Waals surface area contributed by atoms with Gasteiger partial charge in [0.25, 0.3) is 0 Å². The highest BCUT2D eigenvalue weighted by molar-refractivity contribution is 5.66. The molecule has 10 nitrogen and oxygen atoms in total. The molecule has 4 aromatic rings. The van der Waals surface area contributed by atoms with Crippen molar-refractivity contribution in [2.75, 3.05) is 13.2 Å². The van der Waals surface area contributed by atoms with Crippen LogP contribution in [0, 0.1) is 10.1 Å². The molecule has 1 aliphatic heterocycles. The number of benzene rings is 4. The molecule has 1 heterocycles. The van der Waals surface area contributed by atoms with E-state index in [0.29, 0.717) is 0 Å². The van der Waals surface area contributed by atoms with E-state index < -0.39 is 47.6 Å². The lowest BCUT2D eigenvalue weighted by Crippen LogP contribution is -2.73. The van der Waals surface area contributed by atoms with Crippen LogP contribution in [0.15, 0.2) is 121 Å². The molecule has 0 spiro atoms. The Kier molecular flexibility index (Phi) is 12.2. The topological polar surface area (TPSA) is 116 Å². The van der Waals surface area contributed by atoms with Gasteiger partial charge in [0, 0.05) is 11.8 Å². The van der Waals surface area contributed by atoms with Crippen LogP contribution >= 0.6 is 0 Å². The molecule has 1 fully saturated rings. The third-order valence-electron chi connectivity index (χ3n) is 7.91. The van der Waals surface area contributed by atoms with E-state index in [1.165, 1.54) is 6.92 Å². The third kappa shape index (κ3) is 9.09. The number of esters is 1. The van der Waals surface area contributed by atoms with Gasteiger partial charge in [-0.05, 0) is 22.3 Å². The summed E-state index contributed by atoms with van der Waals surface area (Å²) < 4.78 is 37.1. The Morgan fingerprint density at radius 2 is 1.15 bits per heavy atom. The molecule has 0 N–H and O–H groups in total. The Labute approximate surface area is 274 Å². The van der Waals surface area contributed by atoms with E-state index >= 15 is 0 Å². The molecule has 5 rings (SSSR count). The van der Waals surface area contributed by atoms with Crippen molar-refractivity contribution in [3.63, 3.8) is 0 Å². The fourth-order valence-electron chi connectivity index (χ4n) is 5.47. The van der Waals surface area contributed by atoms with Crippen LogP contribution in [0.4, 0.5) is 0 Å². The first-order chi connectivity index (χ1) is 23.0. The van der Waals surface area contributed by atoms with E-state index in [-0.39, 0.29) is 33.0 Å². The standard InChI is InChI=1S/C37H39NO9/c1-28(39)46-27-37(38(40)41)35(44-24-31-18-10-4-11-19-31)34(43-23-30-16-8-3-9-17-30)33(26-42-22-29-14-6-2-7-15-29)47-36(37)45-25-32-20-12-5-13-21-32/h2-21,33-36H,22-27H2,1H3/t33-,34-,35+,36?,37?/m1/s1. The highest BCUT2D eigenvalue weighted by atomic mass is 16.7. The summed E-state index contributed by atoms with van der Waals surface area (Å²) in [5.74, 6) is -0.690. The van der Waals surface area contributed by atoms with Crippen molar-refractivity contribution in [1.29, 1.82) is 0 Å². The fraction of sp³-hybridized carbons (Fsp3) is 0.324. The average Bonchev–Trinajstić information content (AvgIpc) is 3.10. The summed E-state index contributed by atoms with van der Waals surface area (Å²) in [5.41, 5.74) is 1.18. The van der Waals surface area contributed by atoms with E-state index in [2.05, 4.69) is 0 Å². The molecular weight excluding hydrogens is 602 g/mol. The molecule has 246 valence electrons. The molecule has 2 unspecified atom stereocenters. The van der Waals surface area contributed by atoms with Gasteiger partial charge in [0.05, 0.1) is 33.0 Å². The van der Waals surface area contributed by atoms with Crippen molar-refractivity contribution in [3.8, 4) is 0 Å². The monoisotopic (exact) mass is 641 g/mol. The molecule has 1 saturated heterocycles. The minimum Gasteiger partial charge on any atom is -0.458 e. The normalized spacial score (nSPS) is 22.4. The predicted molar refractivity (Wildman–Crippen MR) is 172 cm³/mol. The Bertz CT molecular complexity index is 1520. The second-order valence-electron chi connectivity index (χ2n) is 11.3. The van der Waals surface area contributed by atoms with Gasteiger partial charge in [-0.25, -0.2) is 0 Å².